The summed E-state index contributed by atoms with van der Waals surface area (Å²) in [5.41, 5.74) is 0.933. The lowest BCUT2D eigenvalue weighted by atomic mass is 9.80. The molecule has 0 aliphatic carbocycles. The Morgan fingerprint density at radius 1 is 1.29 bits per heavy atom. The SMILES string of the molecule is COc1cc(Br)c(CC2(C(C)C)CCC(=O)N2)cc1OC. The first-order valence-electron chi connectivity index (χ1n) is 7.13. The molecule has 0 spiro atoms. The summed E-state index contributed by atoms with van der Waals surface area (Å²) in [5, 5.41) is 3.18. The van der Waals surface area contributed by atoms with Crippen molar-refractivity contribution in [2.75, 3.05) is 14.2 Å². The van der Waals surface area contributed by atoms with Gasteiger partial charge in [-0.25, -0.2) is 0 Å². The van der Waals surface area contributed by atoms with E-state index in [1.807, 2.05) is 12.1 Å². The van der Waals surface area contributed by atoms with Crippen LogP contribution < -0.4 is 14.8 Å². The number of hydrogen-bond donors (Lipinski definition) is 1. The predicted molar refractivity (Wildman–Crippen MR) is 85.9 cm³/mol. The molecular weight excluding hydrogens is 334 g/mol. The van der Waals surface area contributed by atoms with Gasteiger partial charge in [0.15, 0.2) is 11.5 Å². The first-order valence-corrected chi connectivity index (χ1v) is 7.92. The number of benzene rings is 1. The van der Waals surface area contributed by atoms with E-state index in [0.717, 1.165) is 22.9 Å². The van der Waals surface area contributed by atoms with Gasteiger partial charge in [0.05, 0.1) is 14.2 Å². The summed E-state index contributed by atoms with van der Waals surface area (Å²) in [6.45, 7) is 4.31. The molecule has 2 rings (SSSR count). The van der Waals surface area contributed by atoms with Gasteiger partial charge >= 0.3 is 0 Å². The van der Waals surface area contributed by atoms with Crippen molar-refractivity contribution in [3.8, 4) is 11.5 Å². The third-order valence-corrected chi connectivity index (χ3v) is 5.09. The first-order chi connectivity index (χ1) is 9.91. The van der Waals surface area contributed by atoms with Gasteiger partial charge in [-0.2, -0.15) is 0 Å². The minimum absolute atomic E-state index is 0.139. The predicted octanol–water partition coefficient (Wildman–Crippen LogP) is 3.31. The van der Waals surface area contributed by atoms with Crippen molar-refractivity contribution < 1.29 is 14.3 Å². The number of nitrogens with one attached hydrogen (secondary N) is 1. The lowest BCUT2D eigenvalue weighted by Crippen LogP contribution is -2.48. The van der Waals surface area contributed by atoms with E-state index in [4.69, 9.17) is 9.47 Å². The maximum Gasteiger partial charge on any atom is 0.220 e. The molecule has 4 nitrogen and oxygen atoms in total. The van der Waals surface area contributed by atoms with Crippen LogP contribution in [0.1, 0.15) is 32.3 Å². The standard InChI is InChI=1S/C16H22BrNO3/c1-10(2)16(6-5-15(19)18-16)9-11-7-13(20-3)14(21-4)8-12(11)17/h7-8,10H,5-6,9H2,1-4H3,(H,18,19). The molecule has 1 N–H and O–H groups in total. The Labute approximate surface area is 134 Å². The Morgan fingerprint density at radius 2 is 1.90 bits per heavy atom. The van der Waals surface area contributed by atoms with Gasteiger partial charge in [0.25, 0.3) is 0 Å². The molecule has 1 saturated heterocycles. The van der Waals surface area contributed by atoms with E-state index in [1.165, 1.54) is 0 Å². The van der Waals surface area contributed by atoms with Crippen LogP contribution in [0.4, 0.5) is 0 Å². The molecule has 116 valence electrons. The molecular formula is C16H22BrNO3. The summed E-state index contributed by atoms with van der Waals surface area (Å²) in [6.07, 6.45) is 2.24. The number of methoxy groups -OCH3 is 2. The highest BCUT2D eigenvalue weighted by Crippen LogP contribution is 2.38. The Kier molecular flexibility index (Phi) is 4.81. The van der Waals surface area contributed by atoms with E-state index in [1.54, 1.807) is 14.2 Å². The first kappa shape index (κ1) is 16.1. The third kappa shape index (κ3) is 3.18. The van der Waals surface area contributed by atoms with Crippen molar-refractivity contribution in [3.63, 3.8) is 0 Å². The molecule has 1 atom stereocenters. The van der Waals surface area contributed by atoms with Crippen molar-refractivity contribution >= 4 is 21.8 Å². The highest BCUT2D eigenvalue weighted by atomic mass is 79.9. The van der Waals surface area contributed by atoms with Crippen LogP contribution in [-0.4, -0.2) is 25.7 Å². The molecule has 0 radical (unpaired) electrons. The molecule has 1 aliphatic rings. The van der Waals surface area contributed by atoms with Crippen molar-refractivity contribution in [2.24, 2.45) is 5.92 Å². The number of rotatable bonds is 5. The van der Waals surface area contributed by atoms with Crippen molar-refractivity contribution in [2.45, 2.75) is 38.6 Å². The van der Waals surface area contributed by atoms with Crippen molar-refractivity contribution in [1.82, 2.24) is 5.32 Å². The number of amides is 1. The number of carbonyl (C=O) groups is 1. The quantitative estimate of drug-likeness (QED) is 0.881. The Hall–Kier alpha value is -1.23. The average molecular weight is 356 g/mol. The maximum absolute atomic E-state index is 11.7. The van der Waals surface area contributed by atoms with Crippen LogP contribution in [0.3, 0.4) is 0 Å². The maximum atomic E-state index is 11.7. The fraction of sp³-hybridized carbons (Fsp3) is 0.562. The molecule has 1 heterocycles. The van der Waals surface area contributed by atoms with Gasteiger partial charge in [-0.1, -0.05) is 29.8 Å². The zero-order chi connectivity index (χ0) is 15.6. The Morgan fingerprint density at radius 3 is 2.38 bits per heavy atom. The van der Waals surface area contributed by atoms with Crippen LogP contribution in [-0.2, 0) is 11.2 Å². The molecule has 0 saturated carbocycles. The lowest BCUT2D eigenvalue weighted by molar-refractivity contribution is -0.120. The van der Waals surface area contributed by atoms with Gasteiger partial charge in [0.2, 0.25) is 5.91 Å². The van der Waals surface area contributed by atoms with Crippen LogP contribution in [0.5, 0.6) is 11.5 Å². The topological polar surface area (TPSA) is 47.6 Å². The molecule has 5 heteroatoms. The summed E-state index contributed by atoms with van der Waals surface area (Å²) in [4.78, 5) is 11.7. The molecule has 1 aliphatic heterocycles. The second-order valence-corrected chi connectivity index (χ2v) is 6.69. The second-order valence-electron chi connectivity index (χ2n) is 5.83. The van der Waals surface area contributed by atoms with E-state index >= 15 is 0 Å². The monoisotopic (exact) mass is 355 g/mol. The van der Waals surface area contributed by atoms with Gasteiger partial charge in [-0.05, 0) is 36.5 Å². The third-order valence-electron chi connectivity index (χ3n) is 4.35. The van der Waals surface area contributed by atoms with Gasteiger partial charge in [-0.3, -0.25) is 4.79 Å². The molecule has 1 fully saturated rings. The van der Waals surface area contributed by atoms with E-state index in [0.29, 0.717) is 23.8 Å². The van der Waals surface area contributed by atoms with Gasteiger partial charge in [0, 0.05) is 16.4 Å². The van der Waals surface area contributed by atoms with Gasteiger partial charge in [0.1, 0.15) is 0 Å². The summed E-state index contributed by atoms with van der Waals surface area (Å²) in [6, 6.07) is 3.90. The normalized spacial score (nSPS) is 21.5. The molecule has 1 aromatic carbocycles. The van der Waals surface area contributed by atoms with Gasteiger partial charge in [-0.15, -0.1) is 0 Å². The Bertz CT molecular complexity index is 545. The number of halogens is 1. The fourth-order valence-corrected chi connectivity index (χ4v) is 3.34. The summed E-state index contributed by atoms with van der Waals surface area (Å²) in [7, 11) is 3.25. The van der Waals surface area contributed by atoms with E-state index < -0.39 is 0 Å². The highest BCUT2D eigenvalue weighted by Gasteiger charge is 2.40. The zero-order valence-corrected chi connectivity index (χ0v) is 14.5. The van der Waals surface area contributed by atoms with Crippen LogP contribution in [0, 0.1) is 5.92 Å². The van der Waals surface area contributed by atoms with Crippen LogP contribution in [0.15, 0.2) is 16.6 Å². The summed E-state index contributed by atoms with van der Waals surface area (Å²) < 4.78 is 11.7. The van der Waals surface area contributed by atoms with E-state index in [-0.39, 0.29) is 11.4 Å². The lowest BCUT2D eigenvalue weighted by Gasteiger charge is -2.34. The average Bonchev–Trinajstić information content (AvgIpc) is 2.83. The number of carbonyl (C=O) groups excluding carboxylic acids is 1. The van der Waals surface area contributed by atoms with Gasteiger partial charge < -0.3 is 14.8 Å². The second kappa shape index (κ2) is 6.26. The van der Waals surface area contributed by atoms with E-state index in [9.17, 15) is 4.79 Å². The molecule has 21 heavy (non-hydrogen) atoms. The van der Waals surface area contributed by atoms with Crippen LogP contribution >= 0.6 is 15.9 Å². The van der Waals surface area contributed by atoms with Crippen LogP contribution in [0.25, 0.3) is 0 Å². The molecule has 1 unspecified atom stereocenters. The van der Waals surface area contributed by atoms with Crippen LogP contribution in [0.2, 0.25) is 0 Å². The number of ether oxygens (including phenoxy) is 2. The van der Waals surface area contributed by atoms with Crippen molar-refractivity contribution in [1.29, 1.82) is 0 Å². The summed E-state index contributed by atoms with van der Waals surface area (Å²) >= 11 is 3.60. The largest absolute Gasteiger partial charge is 0.493 e. The summed E-state index contributed by atoms with van der Waals surface area (Å²) in [5.74, 6) is 1.91. The minimum atomic E-state index is -0.181. The molecule has 0 bridgehead atoms. The smallest absolute Gasteiger partial charge is 0.220 e. The Balaban J connectivity index is 2.35. The highest BCUT2D eigenvalue weighted by molar-refractivity contribution is 9.10. The molecule has 1 amide bonds. The molecule has 0 aromatic heterocycles. The fourth-order valence-electron chi connectivity index (χ4n) is 2.88. The van der Waals surface area contributed by atoms with Crippen molar-refractivity contribution in [3.05, 3.63) is 22.2 Å². The zero-order valence-electron chi connectivity index (χ0n) is 13.0. The minimum Gasteiger partial charge on any atom is -0.493 e. The number of hydrogen-bond acceptors (Lipinski definition) is 3. The molecule has 1 aromatic rings. The van der Waals surface area contributed by atoms with E-state index in [2.05, 4.69) is 35.1 Å².